The van der Waals surface area contributed by atoms with Gasteiger partial charge in [-0.2, -0.15) is 0 Å². The molecule has 2 unspecified atom stereocenters. The zero-order chi connectivity index (χ0) is 12.5. The van der Waals surface area contributed by atoms with Crippen LogP contribution in [0.4, 0.5) is 11.6 Å². The van der Waals surface area contributed by atoms with Gasteiger partial charge in [0.25, 0.3) is 0 Å². The van der Waals surface area contributed by atoms with Crippen LogP contribution in [-0.2, 0) is 11.2 Å². The predicted molar refractivity (Wildman–Crippen MR) is 67.9 cm³/mol. The van der Waals surface area contributed by atoms with Gasteiger partial charge in [0.2, 0.25) is 0 Å². The third-order valence-corrected chi connectivity index (χ3v) is 3.62. The number of nitrogens with one attached hydrogen (secondary N) is 1. The van der Waals surface area contributed by atoms with Crippen LogP contribution < -0.4 is 11.1 Å². The standard InChI is InChI=1S/C12H20N4O/c1-4-9-10(13)14-7-15-11(9)16-12(3)5-6-17-8(12)2/h7-8H,4-6H2,1-3H3,(H3,13,14,15,16). The fourth-order valence-electron chi connectivity index (χ4n) is 2.15. The van der Waals surface area contributed by atoms with E-state index < -0.39 is 0 Å². The molecule has 0 aliphatic carbocycles. The van der Waals surface area contributed by atoms with Crippen molar-refractivity contribution in [2.75, 3.05) is 17.7 Å². The van der Waals surface area contributed by atoms with Crippen molar-refractivity contribution in [2.45, 2.75) is 45.3 Å². The Labute approximate surface area is 102 Å². The molecule has 1 saturated heterocycles. The van der Waals surface area contributed by atoms with E-state index in [9.17, 15) is 0 Å². The molecule has 3 N–H and O–H groups in total. The molecule has 2 heterocycles. The lowest BCUT2D eigenvalue weighted by Crippen LogP contribution is -2.41. The van der Waals surface area contributed by atoms with E-state index in [1.54, 1.807) is 0 Å². The van der Waals surface area contributed by atoms with Gasteiger partial charge in [-0.25, -0.2) is 9.97 Å². The Hall–Kier alpha value is -1.36. The van der Waals surface area contributed by atoms with Crippen LogP contribution in [0.25, 0.3) is 0 Å². The van der Waals surface area contributed by atoms with Gasteiger partial charge in [0.1, 0.15) is 18.0 Å². The summed E-state index contributed by atoms with van der Waals surface area (Å²) in [6, 6.07) is 0. The number of aromatic nitrogens is 2. The van der Waals surface area contributed by atoms with Crippen molar-refractivity contribution in [3.05, 3.63) is 11.9 Å². The average Bonchev–Trinajstić information content (AvgIpc) is 2.59. The first kappa shape index (κ1) is 12.1. The Morgan fingerprint density at radius 2 is 2.35 bits per heavy atom. The molecule has 1 aromatic rings. The van der Waals surface area contributed by atoms with Gasteiger partial charge in [0.15, 0.2) is 0 Å². The second kappa shape index (κ2) is 4.49. The summed E-state index contributed by atoms with van der Waals surface area (Å²) in [5.74, 6) is 1.39. The van der Waals surface area contributed by atoms with E-state index in [0.717, 1.165) is 30.8 Å². The maximum Gasteiger partial charge on any atom is 0.135 e. The summed E-state index contributed by atoms with van der Waals surface area (Å²) in [7, 11) is 0. The summed E-state index contributed by atoms with van der Waals surface area (Å²) in [5.41, 5.74) is 6.76. The van der Waals surface area contributed by atoms with Crippen LogP contribution in [-0.4, -0.2) is 28.2 Å². The third-order valence-electron chi connectivity index (χ3n) is 3.62. The van der Waals surface area contributed by atoms with Gasteiger partial charge in [-0.1, -0.05) is 6.92 Å². The first-order valence-corrected chi connectivity index (χ1v) is 6.06. The fourth-order valence-corrected chi connectivity index (χ4v) is 2.15. The minimum absolute atomic E-state index is 0.0787. The number of rotatable bonds is 3. The quantitative estimate of drug-likeness (QED) is 0.834. The van der Waals surface area contributed by atoms with Crippen molar-refractivity contribution < 1.29 is 4.74 Å². The maximum absolute atomic E-state index is 5.86. The minimum Gasteiger partial charge on any atom is -0.383 e. The Morgan fingerprint density at radius 3 is 2.94 bits per heavy atom. The molecule has 17 heavy (non-hydrogen) atoms. The van der Waals surface area contributed by atoms with Crippen LogP contribution in [0.2, 0.25) is 0 Å². The molecule has 0 aromatic carbocycles. The molecule has 1 aliphatic rings. The van der Waals surface area contributed by atoms with E-state index in [0.29, 0.717) is 5.82 Å². The summed E-state index contributed by atoms with van der Waals surface area (Å²) in [4.78, 5) is 8.32. The summed E-state index contributed by atoms with van der Waals surface area (Å²) in [5, 5.41) is 3.47. The lowest BCUT2D eigenvalue weighted by Gasteiger charge is -2.30. The highest BCUT2D eigenvalue weighted by Crippen LogP contribution is 2.30. The highest BCUT2D eigenvalue weighted by molar-refractivity contribution is 5.56. The van der Waals surface area contributed by atoms with E-state index >= 15 is 0 Å². The van der Waals surface area contributed by atoms with E-state index in [2.05, 4.69) is 36.1 Å². The molecule has 1 aliphatic heterocycles. The van der Waals surface area contributed by atoms with E-state index in [1.165, 1.54) is 6.33 Å². The summed E-state index contributed by atoms with van der Waals surface area (Å²) < 4.78 is 5.61. The molecule has 0 radical (unpaired) electrons. The molecule has 1 fully saturated rings. The van der Waals surface area contributed by atoms with Crippen LogP contribution >= 0.6 is 0 Å². The van der Waals surface area contributed by atoms with Gasteiger partial charge in [-0.15, -0.1) is 0 Å². The number of nitrogens with two attached hydrogens (primary N) is 1. The number of hydrogen-bond acceptors (Lipinski definition) is 5. The molecule has 0 spiro atoms. The van der Waals surface area contributed by atoms with Gasteiger partial charge in [0.05, 0.1) is 11.6 Å². The van der Waals surface area contributed by atoms with Crippen LogP contribution in [0.15, 0.2) is 6.33 Å². The topological polar surface area (TPSA) is 73.1 Å². The number of ether oxygens (including phenoxy) is 1. The van der Waals surface area contributed by atoms with Gasteiger partial charge >= 0.3 is 0 Å². The SMILES string of the molecule is CCc1c(N)ncnc1NC1(C)CCOC1C. The largest absolute Gasteiger partial charge is 0.383 e. The van der Waals surface area contributed by atoms with E-state index in [4.69, 9.17) is 10.5 Å². The maximum atomic E-state index is 5.86. The van der Waals surface area contributed by atoms with Crippen LogP contribution in [0.1, 0.15) is 32.8 Å². The molecule has 5 nitrogen and oxygen atoms in total. The fraction of sp³-hybridized carbons (Fsp3) is 0.667. The third kappa shape index (κ3) is 2.20. The summed E-state index contributed by atoms with van der Waals surface area (Å²) in [6.07, 6.45) is 3.46. The Balaban J connectivity index is 2.27. The van der Waals surface area contributed by atoms with Crippen LogP contribution in [0.3, 0.4) is 0 Å². The minimum atomic E-state index is -0.0787. The van der Waals surface area contributed by atoms with Crippen molar-refractivity contribution in [2.24, 2.45) is 0 Å². The van der Waals surface area contributed by atoms with Gasteiger partial charge < -0.3 is 15.8 Å². The smallest absolute Gasteiger partial charge is 0.135 e. The summed E-state index contributed by atoms with van der Waals surface area (Å²) in [6.45, 7) is 7.07. The second-order valence-corrected chi connectivity index (χ2v) is 4.75. The highest BCUT2D eigenvalue weighted by atomic mass is 16.5. The molecular weight excluding hydrogens is 216 g/mol. The van der Waals surface area contributed by atoms with Crippen LogP contribution in [0.5, 0.6) is 0 Å². The molecule has 0 saturated carbocycles. The molecule has 2 atom stereocenters. The van der Waals surface area contributed by atoms with E-state index in [1.807, 2.05) is 0 Å². The molecule has 0 amide bonds. The molecule has 1 aromatic heterocycles. The lowest BCUT2D eigenvalue weighted by molar-refractivity contribution is 0.105. The number of hydrogen-bond donors (Lipinski definition) is 2. The predicted octanol–water partition coefficient (Wildman–Crippen LogP) is 1.60. The lowest BCUT2D eigenvalue weighted by atomic mass is 9.94. The van der Waals surface area contributed by atoms with Gasteiger partial charge in [0, 0.05) is 12.2 Å². The molecule has 5 heteroatoms. The normalized spacial score (nSPS) is 28.3. The van der Waals surface area contributed by atoms with Gasteiger partial charge in [-0.05, 0) is 26.7 Å². The Morgan fingerprint density at radius 1 is 1.59 bits per heavy atom. The van der Waals surface area contributed by atoms with Crippen molar-refractivity contribution in [3.63, 3.8) is 0 Å². The zero-order valence-electron chi connectivity index (χ0n) is 10.7. The summed E-state index contributed by atoms with van der Waals surface area (Å²) >= 11 is 0. The monoisotopic (exact) mass is 236 g/mol. The van der Waals surface area contributed by atoms with Crippen molar-refractivity contribution in [1.29, 1.82) is 0 Å². The first-order chi connectivity index (χ1) is 8.07. The van der Waals surface area contributed by atoms with Crippen molar-refractivity contribution in [3.8, 4) is 0 Å². The molecule has 94 valence electrons. The van der Waals surface area contributed by atoms with Crippen molar-refractivity contribution >= 4 is 11.6 Å². The average molecular weight is 236 g/mol. The first-order valence-electron chi connectivity index (χ1n) is 6.06. The van der Waals surface area contributed by atoms with Crippen LogP contribution in [0, 0.1) is 0 Å². The molecular formula is C12H20N4O. The Bertz CT molecular complexity index is 409. The van der Waals surface area contributed by atoms with E-state index in [-0.39, 0.29) is 11.6 Å². The zero-order valence-corrected chi connectivity index (χ0v) is 10.7. The van der Waals surface area contributed by atoms with Crippen molar-refractivity contribution in [1.82, 2.24) is 9.97 Å². The Kier molecular flexibility index (Phi) is 3.19. The highest BCUT2D eigenvalue weighted by Gasteiger charge is 2.37. The van der Waals surface area contributed by atoms with Gasteiger partial charge in [-0.3, -0.25) is 0 Å². The number of anilines is 2. The number of nitrogens with zero attached hydrogens (tertiary/aromatic N) is 2. The number of nitrogen functional groups attached to an aromatic ring is 1. The second-order valence-electron chi connectivity index (χ2n) is 4.75. The molecule has 0 bridgehead atoms. The molecule has 2 rings (SSSR count).